The van der Waals surface area contributed by atoms with E-state index in [1.165, 1.54) is 0 Å². The molecule has 0 radical (unpaired) electrons. The molecule has 0 saturated carbocycles. The molecule has 0 saturated heterocycles. The van der Waals surface area contributed by atoms with Gasteiger partial charge in [-0.25, -0.2) is 4.68 Å². The standard InChI is InChI=1S/C12H13N5O2/c13-12-15-10-9(11(18)19)4-8(6-17(10)16-12)7-2-1-3-14-5-7/h1-3,5,8-9H,4,6H2,(H2,13,16)(H,18,19). The Morgan fingerprint density at radius 1 is 1.53 bits per heavy atom. The number of pyridine rings is 1. The summed E-state index contributed by atoms with van der Waals surface area (Å²) in [4.78, 5) is 19.5. The van der Waals surface area contributed by atoms with Crippen molar-refractivity contribution in [3.63, 3.8) is 0 Å². The number of hydrogen-bond acceptors (Lipinski definition) is 5. The number of fused-ring (bicyclic) bond motifs is 1. The van der Waals surface area contributed by atoms with Gasteiger partial charge < -0.3 is 10.8 Å². The van der Waals surface area contributed by atoms with E-state index in [1.54, 1.807) is 17.1 Å². The van der Waals surface area contributed by atoms with Crippen LogP contribution in [0, 0.1) is 0 Å². The number of nitrogen functional groups attached to an aromatic ring is 1. The second-order valence-corrected chi connectivity index (χ2v) is 4.62. The number of rotatable bonds is 2. The Hall–Kier alpha value is -2.44. The Kier molecular flexibility index (Phi) is 2.66. The molecule has 3 N–H and O–H groups in total. The van der Waals surface area contributed by atoms with Crippen molar-refractivity contribution in [3.05, 3.63) is 35.9 Å². The lowest BCUT2D eigenvalue weighted by Gasteiger charge is -2.26. The first-order valence-electron chi connectivity index (χ1n) is 5.98. The SMILES string of the molecule is Nc1nc2n(n1)CC(c1cccnc1)CC2C(=O)O. The van der Waals surface area contributed by atoms with Crippen molar-refractivity contribution in [1.82, 2.24) is 19.7 Å². The lowest BCUT2D eigenvalue weighted by atomic mass is 9.86. The number of nitrogens with two attached hydrogens (primary N) is 1. The molecule has 2 aromatic rings. The second kappa shape index (κ2) is 4.34. The number of carboxylic acid groups (broad SMARTS) is 1. The molecule has 2 unspecified atom stereocenters. The minimum absolute atomic E-state index is 0.0587. The van der Waals surface area contributed by atoms with E-state index in [-0.39, 0.29) is 11.9 Å². The highest BCUT2D eigenvalue weighted by atomic mass is 16.4. The van der Waals surface area contributed by atoms with Crippen LogP contribution in [0.15, 0.2) is 24.5 Å². The van der Waals surface area contributed by atoms with Gasteiger partial charge in [0.2, 0.25) is 5.95 Å². The fourth-order valence-corrected chi connectivity index (χ4v) is 2.51. The molecule has 1 aliphatic heterocycles. The summed E-state index contributed by atoms with van der Waals surface area (Å²) in [5, 5.41) is 13.4. The molecule has 3 rings (SSSR count). The van der Waals surface area contributed by atoms with E-state index < -0.39 is 11.9 Å². The van der Waals surface area contributed by atoms with Gasteiger partial charge in [0.05, 0.1) is 6.54 Å². The molecule has 0 bridgehead atoms. The quantitative estimate of drug-likeness (QED) is 0.818. The van der Waals surface area contributed by atoms with Gasteiger partial charge in [0.25, 0.3) is 0 Å². The molecule has 7 heteroatoms. The van der Waals surface area contributed by atoms with Gasteiger partial charge in [-0.1, -0.05) is 6.07 Å². The van der Waals surface area contributed by atoms with Crippen molar-refractivity contribution < 1.29 is 9.90 Å². The third-order valence-electron chi connectivity index (χ3n) is 3.40. The maximum Gasteiger partial charge on any atom is 0.314 e. The molecule has 98 valence electrons. The zero-order valence-electron chi connectivity index (χ0n) is 10.1. The van der Waals surface area contributed by atoms with E-state index in [9.17, 15) is 9.90 Å². The van der Waals surface area contributed by atoms with Gasteiger partial charge in [-0.2, -0.15) is 4.98 Å². The van der Waals surface area contributed by atoms with Crippen molar-refractivity contribution in [1.29, 1.82) is 0 Å². The predicted molar refractivity (Wildman–Crippen MR) is 66.4 cm³/mol. The Bertz CT molecular complexity index is 610. The van der Waals surface area contributed by atoms with Crippen LogP contribution in [0.1, 0.15) is 29.6 Å². The van der Waals surface area contributed by atoms with E-state index in [4.69, 9.17) is 5.73 Å². The Labute approximate surface area is 109 Å². The van der Waals surface area contributed by atoms with Crippen LogP contribution in [-0.4, -0.2) is 30.8 Å². The van der Waals surface area contributed by atoms with Gasteiger partial charge in [-0.05, 0) is 18.1 Å². The van der Waals surface area contributed by atoms with E-state index >= 15 is 0 Å². The van der Waals surface area contributed by atoms with Crippen LogP contribution in [0.3, 0.4) is 0 Å². The first kappa shape index (κ1) is 11.6. The van der Waals surface area contributed by atoms with Crippen molar-refractivity contribution in [3.8, 4) is 0 Å². The predicted octanol–water partition coefficient (Wildman–Crippen LogP) is 0.611. The number of nitrogens with zero attached hydrogens (tertiary/aromatic N) is 4. The molecule has 0 aromatic carbocycles. The normalized spacial score (nSPS) is 21.9. The Morgan fingerprint density at radius 2 is 2.37 bits per heavy atom. The molecular weight excluding hydrogens is 246 g/mol. The maximum absolute atomic E-state index is 11.4. The van der Waals surface area contributed by atoms with Crippen molar-refractivity contribution in [2.75, 3.05) is 5.73 Å². The van der Waals surface area contributed by atoms with Crippen LogP contribution in [-0.2, 0) is 11.3 Å². The average molecular weight is 259 g/mol. The summed E-state index contributed by atoms with van der Waals surface area (Å²) in [7, 11) is 0. The van der Waals surface area contributed by atoms with Crippen molar-refractivity contribution in [2.45, 2.75) is 24.8 Å². The van der Waals surface area contributed by atoms with Gasteiger partial charge in [0, 0.05) is 18.3 Å². The molecule has 0 amide bonds. The maximum atomic E-state index is 11.4. The molecule has 0 fully saturated rings. The third-order valence-corrected chi connectivity index (χ3v) is 3.40. The van der Waals surface area contributed by atoms with Crippen molar-refractivity contribution >= 4 is 11.9 Å². The number of carboxylic acids is 1. The summed E-state index contributed by atoms with van der Waals surface area (Å²) in [5.74, 6) is -0.965. The number of anilines is 1. The molecule has 7 nitrogen and oxygen atoms in total. The van der Waals surface area contributed by atoms with E-state index in [0.717, 1.165) is 5.56 Å². The monoisotopic (exact) mass is 259 g/mol. The van der Waals surface area contributed by atoms with Crippen LogP contribution in [0.5, 0.6) is 0 Å². The molecule has 19 heavy (non-hydrogen) atoms. The van der Waals surface area contributed by atoms with Crippen LogP contribution < -0.4 is 5.73 Å². The lowest BCUT2D eigenvalue weighted by Crippen LogP contribution is -2.28. The fraction of sp³-hybridized carbons (Fsp3) is 0.333. The topological polar surface area (TPSA) is 107 Å². The summed E-state index contributed by atoms with van der Waals surface area (Å²) in [6, 6.07) is 3.79. The van der Waals surface area contributed by atoms with E-state index in [0.29, 0.717) is 18.8 Å². The lowest BCUT2D eigenvalue weighted by molar-refractivity contribution is -0.139. The molecular formula is C12H13N5O2. The molecule has 2 atom stereocenters. The van der Waals surface area contributed by atoms with Gasteiger partial charge >= 0.3 is 5.97 Å². The van der Waals surface area contributed by atoms with Gasteiger partial charge in [0.15, 0.2) is 0 Å². The number of aromatic nitrogens is 4. The highest BCUT2D eigenvalue weighted by Crippen LogP contribution is 2.35. The smallest absolute Gasteiger partial charge is 0.314 e. The van der Waals surface area contributed by atoms with Crippen LogP contribution >= 0.6 is 0 Å². The highest BCUT2D eigenvalue weighted by Gasteiger charge is 2.35. The molecule has 3 heterocycles. The van der Waals surface area contributed by atoms with Gasteiger partial charge in [0.1, 0.15) is 11.7 Å². The molecule has 1 aliphatic rings. The zero-order chi connectivity index (χ0) is 13.4. The molecule has 2 aromatic heterocycles. The summed E-state index contributed by atoms with van der Waals surface area (Å²) in [6.07, 6.45) is 3.94. The van der Waals surface area contributed by atoms with E-state index in [2.05, 4.69) is 15.1 Å². The van der Waals surface area contributed by atoms with Crippen molar-refractivity contribution in [2.24, 2.45) is 0 Å². The zero-order valence-corrected chi connectivity index (χ0v) is 10.1. The summed E-state index contributed by atoms with van der Waals surface area (Å²) in [5.41, 5.74) is 6.56. The van der Waals surface area contributed by atoms with Crippen LogP contribution in [0.25, 0.3) is 0 Å². The van der Waals surface area contributed by atoms with E-state index in [1.807, 2.05) is 12.1 Å². The highest BCUT2D eigenvalue weighted by molar-refractivity contribution is 5.75. The average Bonchev–Trinajstić information content (AvgIpc) is 2.78. The van der Waals surface area contributed by atoms with Crippen LogP contribution in [0.4, 0.5) is 5.95 Å². The summed E-state index contributed by atoms with van der Waals surface area (Å²) < 4.78 is 1.59. The Morgan fingerprint density at radius 3 is 3.05 bits per heavy atom. The van der Waals surface area contributed by atoms with Gasteiger partial charge in [-0.3, -0.25) is 9.78 Å². The summed E-state index contributed by atoms with van der Waals surface area (Å²) >= 11 is 0. The first-order chi connectivity index (χ1) is 9.15. The second-order valence-electron chi connectivity index (χ2n) is 4.62. The minimum atomic E-state index is -0.901. The first-order valence-corrected chi connectivity index (χ1v) is 5.98. The number of carbonyl (C=O) groups is 1. The number of hydrogen-bond donors (Lipinski definition) is 2. The number of aliphatic carboxylic acids is 1. The summed E-state index contributed by atoms with van der Waals surface area (Å²) in [6.45, 7) is 0.578. The largest absolute Gasteiger partial charge is 0.481 e. The fourth-order valence-electron chi connectivity index (χ4n) is 2.51. The molecule has 0 spiro atoms. The van der Waals surface area contributed by atoms with Gasteiger partial charge in [-0.15, -0.1) is 5.10 Å². The molecule has 0 aliphatic carbocycles. The Balaban J connectivity index is 1.99. The minimum Gasteiger partial charge on any atom is -0.481 e. The van der Waals surface area contributed by atoms with Crippen LogP contribution in [0.2, 0.25) is 0 Å². The third kappa shape index (κ3) is 2.03.